The van der Waals surface area contributed by atoms with Crippen LogP contribution in [-0.2, 0) is 0 Å². The van der Waals surface area contributed by atoms with E-state index in [1.54, 1.807) is 6.20 Å². The highest BCUT2D eigenvalue weighted by Gasteiger charge is 2.10. The van der Waals surface area contributed by atoms with Gasteiger partial charge in [0, 0.05) is 6.20 Å². The van der Waals surface area contributed by atoms with Gasteiger partial charge in [-0.15, -0.1) is 0 Å². The molecule has 10 heteroatoms. The summed E-state index contributed by atoms with van der Waals surface area (Å²) >= 11 is 0. The van der Waals surface area contributed by atoms with Gasteiger partial charge in [0.05, 0.1) is 5.69 Å². The molecule has 0 aromatic carbocycles. The molecule has 0 atom stereocenters. The molecule has 3 rings (SSSR count). The maximum atomic E-state index is 5.35. The van der Waals surface area contributed by atoms with Crippen molar-refractivity contribution in [3.8, 4) is 11.9 Å². The first-order valence-corrected chi connectivity index (χ1v) is 5.36. The van der Waals surface area contributed by atoms with E-state index in [9.17, 15) is 0 Å². The number of nitrogens with one attached hydrogen (secondary N) is 1. The van der Waals surface area contributed by atoms with Crippen molar-refractivity contribution in [2.45, 2.75) is 6.92 Å². The standard InChI is InChI=1S/C9H10N10/c1-6-2-3-18(17-6)8-13-7(16-10)14-9(15-8)19-5-11-4-12-19/h2-5H,10H2,1H3,(H,13,14,15,16). The van der Waals surface area contributed by atoms with Crippen LogP contribution < -0.4 is 11.3 Å². The summed E-state index contributed by atoms with van der Waals surface area (Å²) in [5.41, 5.74) is 3.23. The van der Waals surface area contributed by atoms with E-state index in [2.05, 4.69) is 35.6 Å². The van der Waals surface area contributed by atoms with E-state index in [-0.39, 0.29) is 5.95 Å². The van der Waals surface area contributed by atoms with Crippen LogP contribution in [0.1, 0.15) is 5.69 Å². The minimum atomic E-state index is 0.212. The largest absolute Gasteiger partial charge is 0.292 e. The zero-order valence-electron chi connectivity index (χ0n) is 9.96. The Morgan fingerprint density at radius 3 is 2.53 bits per heavy atom. The second kappa shape index (κ2) is 4.42. The van der Waals surface area contributed by atoms with Gasteiger partial charge in [-0.1, -0.05) is 0 Å². The number of hydrazine groups is 1. The molecule has 0 radical (unpaired) electrons. The number of hydrogen-bond donors (Lipinski definition) is 2. The molecule has 19 heavy (non-hydrogen) atoms. The van der Waals surface area contributed by atoms with E-state index in [1.165, 1.54) is 22.0 Å². The summed E-state index contributed by atoms with van der Waals surface area (Å²) in [7, 11) is 0. The molecule has 3 aromatic rings. The number of nitrogen functional groups attached to an aromatic ring is 1. The van der Waals surface area contributed by atoms with E-state index in [0.29, 0.717) is 11.9 Å². The Balaban J connectivity index is 2.12. The molecule has 3 aromatic heterocycles. The van der Waals surface area contributed by atoms with E-state index in [0.717, 1.165) is 5.69 Å². The summed E-state index contributed by atoms with van der Waals surface area (Å²) < 4.78 is 2.93. The van der Waals surface area contributed by atoms with Crippen molar-refractivity contribution in [1.29, 1.82) is 0 Å². The molecule has 0 saturated carbocycles. The Bertz CT molecular complexity index is 685. The lowest BCUT2D eigenvalue weighted by molar-refractivity contribution is 0.741. The van der Waals surface area contributed by atoms with Crippen LogP contribution >= 0.6 is 0 Å². The van der Waals surface area contributed by atoms with Crippen LogP contribution in [0.2, 0.25) is 0 Å². The lowest BCUT2D eigenvalue weighted by atomic mass is 10.5. The molecule has 0 bridgehead atoms. The number of rotatable bonds is 3. The SMILES string of the molecule is Cc1ccn(-c2nc(NN)nc(-n3cncn3)n2)n1. The van der Waals surface area contributed by atoms with Crippen LogP contribution in [0, 0.1) is 6.92 Å². The molecule has 0 fully saturated rings. The van der Waals surface area contributed by atoms with Crippen molar-refractivity contribution in [3.63, 3.8) is 0 Å². The highest BCUT2D eigenvalue weighted by molar-refractivity contribution is 5.30. The van der Waals surface area contributed by atoms with Gasteiger partial charge in [-0.2, -0.15) is 29.8 Å². The predicted molar refractivity (Wildman–Crippen MR) is 64.4 cm³/mol. The van der Waals surface area contributed by atoms with E-state index in [1.807, 2.05) is 13.0 Å². The van der Waals surface area contributed by atoms with E-state index in [4.69, 9.17) is 5.84 Å². The maximum absolute atomic E-state index is 5.35. The van der Waals surface area contributed by atoms with Gasteiger partial charge in [0.2, 0.25) is 5.95 Å². The molecule has 3 N–H and O–H groups in total. The van der Waals surface area contributed by atoms with Gasteiger partial charge in [0.25, 0.3) is 11.9 Å². The number of aryl methyl sites for hydroxylation is 1. The van der Waals surface area contributed by atoms with Crippen molar-refractivity contribution >= 4 is 5.95 Å². The van der Waals surface area contributed by atoms with Crippen LogP contribution in [0.5, 0.6) is 0 Å². The van der Waals surface area contributed by atoms with Gasteiger partial charge >= 0.3 is 0 Å². The molecule has 0 aliphatic heterocycles. The molecule has 10 nitrogen and oxygen atoms in total. The first-order chi connectivity index (χ1) is 9.26. The summed E-state index contributed by atoms with van der Waals surface area (Å²) in [5.74, 6) is 6.19. The third-order valence-corrected chi connectivity index (χ3v) is 2.29. The van der Waals surface area contributed by atoms with E-state index >= 15 is 0 Å². The number of hydrogen-bond acceptors (Lipinski definition) is 8. The minimum Gasteiger partial charge on any atom is -0.292 e. The second-order valence-corrected chi connectivity index (χ2v) is 3.65. The first kappa shape index (κ1) is 11.2. The van der Waals surface area contributed by atoms with Gasteiger partial charge in [-0.3, -0.25) is 5.43 Å². The number of anilines is 1. The molecule has 0 aliphatic rings. The monoisotopic (exact) mass is 258 g/mol. The Morgan fingerprint density at radius 2 is 1.95 bits per heavy atom. The molecule has 0 aliphatic carbocycles. The molecule has 0 saturated heterocycles. The number of nitrogens with two attached hydrogens (primary N) is 1. The number of aromatic nitrogens is 8. The van der Waals surface area contributed by atoms with Crippen molar-refractivity contribution in [2.75, 3.05) is 5.43 Å². The van der Waals surface area contributed by atoms with Gasteiger partial charge in [-0.05, 0) is 13.0 Å². The molecule has 3 heterocycles. The Hall–Kier alpha value is -2.88. The van der Waals surface area contributed by atoms with Crippen molar-refractivity contribution in [1.82, 2.24) is 39.5 Å². The third-order valence-electron chi connectivity index (χ3n) is 2.29. The quantitative estimate of drug-likeness (QED) is 0.463. The van der Waals surface area contributed by atoms with Gasteiger partial charge in [0.15, 0.2) is 0 Å². The van der Waals surface area contributed by atoms with Gasteiger partial charge in [-0.25, -0.2) is 15.5 Å². The lowest BCUT2D eigenvalue weighted by Crippen LogP contribution is -2.16. The highest BCUT2D eigenvalue weighted by Crippen LogP contribution is 2.07. The number of nitrogens with zero attached hydrogens (tertiary/aromatic N) is 8. The summed E-state index contributed by atoms with van der Waals surface area (Å²) in [5, 5.41) is 8.19. The minimum absolute atomic E-state index is 0.212. The predicted octanol–water partition coefficient (Wildman–Crippen LogP) is -0.768. The second-order valence-electron chi connectivity index (χ2n) is 3.65. The molecule has 0 spiro atoms. The van der Waals surface area contributed by atoms with Crippen LogP contribution in [0.3, 0.4) is 0 Å². The Morgan fingerprint density at radius 1 is 1.16 bits per heavy atom. The Kier molecular flexibility index (Phi) is 2.61. The average molecular weight is 258 g/mol. The summed E-state index contributed by atoms with van der Waals surface area (Å²) in [6.45, 7) is 1.87. The fourth-order valence-electron chi connectivity index (χ4n) is 1.46. The van der Waals surface area contributed by atoms with Crippen molar-refractivity contribution in [3.05, 3.63) is 30.6 Å². The fraction of sp³-hybridized carbons (Fsp3) is 0.111. The lowest BCUT2D eigenvalue weighted by Gasteiger charge is -2.05. The Labute approximate surface area is 107 Å². The first-order valence-electron chi connectivity index (χ1n) is 5.36. The normalized spacial score (nSPS) is 10.6. The zero-order chi connectivity index (χ0) is 13.2. The van der Waals surface area contributed by atoms with Crippen molar-refractivity contribution < 1.29 is 0 Å². The van der Waals surface area contributed by atoms with Crippen molar-refractivity contribution in [2.24, 2.45) is 5.84 Å². The van der Waals surface area contributed by atoms with Crippen LogP contribution in [0.15, 0.2) is 24.9 Å². The van der Waals surface area contributed by atoms with Crippen LogP contribution in [0.25, 0.3) is 11.9 Å². The van der Waals surface area contributed by atoms with E-state index < -0.39 is 0 Å². The topological polar surface area (TPSA) is 125 Å². The maximum Gasteiger partial charge on any atom is 0.258 e. The molecular weight excluding hydrogens is 248 g/mol. The summed E-state index contributed by atoms with van der Waals surface area (Å²) in [4.78, 5) is 16.3. The third kappa shape index (κ3) is 2.11. The molecule has 96 valence electrons. The smallest absolute Gasteiger partial charge is 0.258 e. The summed E-state index contributed by atoms with van der Waals surface area (Å²) in [6.07, 6.45) is 4.61. The van der Waals surface area contributed by atoms with Gasteiger partial charge in [0.1, 0.15) is 12.7 Å². The molecule has 0 unspecified atom stereocenters. The van der Waals surface area contributed by atoms with Gasteiger partial charge < -0.3 is 0 Å². The molecular formula is C9H10N10. The van der Waals surface area contributed by atoms with Crippen LogP contribution in [-0.4, -0.2) is 39.5 Å². The fourth-order valence-corrected chi connectivity index (χ4v) is 1.46. The van der Waals surface area contributed by atoms with Crippen LogP contribution in [0.4, 0.5) is 5.95 Å². The summed E-state index contributed by atoms with van der Waals surface area (Å²) in [6, 6.07) is 1.84. The zero-order valence-corrected chi connectivity index (χ0v) is 9.96. The average Bonchev–Trinajstić information content (AvgIpc) is 3.09. The highest BCUT2D eigenvalue weighted by atomic mass is 15.4. The molecule has 0 amide bonds.